The molecule has 0 unspecified atom stereocenters. The zero-order chi connectivity index (χ0) is 21.0. The molecule has 0 heterocycles. The van der Waals surface area contributed by atoms with Crippen LogP contribution in [0.15, 0.2) is 66.7 Å². The third-order valence-electron chi connectivity index (χ3n) is 4.63. The van der Waals surface area contributed by atoms with Gasteiger partial charge in [-0.25, -0.2) is 0 Å². The Morgan fingerprint density at radius 2 is 1.38 bits per heavy atom. The average Bonchev–Trinajstić information content (AvgIpc) is 2.71. The quantitative estimate of drug-likeness (QED) is 0.541. The number of ether oxygens (including phenoxy) is 1. The molecule has 0 fully saturated rings. The summed E-state index contributed by atoms with van der Waals surface area (Å²) in [5.74, 6) is 0.180. The van der Waals surface area contributed by atoms with Gasteiger partial charge in [-0.05, 0) is 80.4 Å². The molecule has 0 spiro atoms. The first-order valence-corrected chi connectivity index (χ1v) is 9.67. The van der Waals surface area contributed by atoms with Crippen molar-refractivity contribution in [3.8, 4) is 5.75 Å². The van der Waals surface area contributed by atoms with Gasteiger partial charge >= 0.3 is 0 Å². The Hall–Kier alpha value is -3.11. The number of carbonyl (C=O) groups excluding carboxylic acids is 2. The first-order chi connectivity index (χ1) is 13.8. The molecule has 0 radical (unpaired) electrons. The first kappa shape index (κ1) is 20.6. The van der Waals surface area contributed by atoms with Gasteiger partial charge < -0.3 is 10.1 Å². The van der Waals surface area contributed by atoms with Gasteiger partial charge in [0, 0.05) is 21.8 Å². The van der Waals surface area contributed by atoms with Crippen LogP contribution in [-0.4, -0.2) is 17.8 Å². The molecular formula is C24H22ClNO3. The molecule has 0 aliphatic rings. The van der Waals surface area contributed by atoms with Gasteiger partial charge in [0.1, 0.15) is 5.75 Å². The summed E-state index contributed by atoms with van der Waals surface area (Å²) in [5.41, 5.74) is 3.89. The highest BCUT2D eigenvalue weighted by Gasteiger charge is 2.17. The second-order valence-corrected chi connectivity index (χ2v) is 7.31. The normalized spacial score (nSPS) is 11.6. The Bertz CT molecular complexity index is 1010. The van der Waals surface area contributed by atoms with E-state index in [-0.39, 0.29) is 11.7 Å². The fourth-order valence-electron chi connectivity index (χ4n) is 2.95. The molecule has 4 nitrogen and oxygen atoms in total. The predicted octanol–water partition coefficient (Wildman–Crippen LogP) is 5.59. The molecule has 1 N–H and O–H groups in total. The van der Waals surface area contributed by atoms with E-state index in [0.29, 0.717) is 21.9 Å². The highest BCUT2D eigenvalue weighted by atomic mass is 35.5. The molecule has 0 aliphatic carbocycles. The maximum atomic E-state index is 12.5. The summed E-state index contributed by atoms with van der Waals surface area (Å²) < 4.78 is 5.74. The van der Waals surface area contributed by atoms with E-state index in [2.05, 4.69) is 5.32 Å². The van der Waals surface area contributed by atoms with Crippen LogP contribution < -0.4 is 10.1 Å². The average molecular weight is 408 g/mol. The molecule has 0 aromatic heterocycles. The van der Waals surface area contributed by atoms with Crippen molar-refractivity contribution in [1.82, 2.24) is 0 Å². The summed E-state index contributed by atoms with van der Waals surface area (Å²) in [6.45, 7) is 5.59. The molecule has 3 rings (SSSR count). The summed E-state index contributed by atoms with van der Waals surface area (Å²) in [6.07, 6.45) is -0.688. The fourth-order valence-corrected chi connectivity index (χ4v) is 3.07. The Balaban J connectivity index is 1.65. The van der Waals surface area contributed by atoms with Crippen LogP contribution in [0, 0.1) is 13.8 Å². The predicted molar refractivity (Wildman–Crippen MR) is 116 cm³/mol. The monoisotopic (exact) mass is 407 g/mol. The number of anilines is 1. The number of benzene rings is 3. The van der Waals surface area contributed by atoms with Crippen LogP contribution in [0.2, 0.25) is 5.02 Å². The number of hydrogen-bond acceptors (Lipinski definition) is 3. The molecule has 1 atom stereocenters. The molecule has 5 heteroatoms. The van der Waals surface area contributed by atoms with E-state index >= 15 is 0 Å². The van der Waals surface area contributed by atoms with Gasteiger partial charge in [-0.3, -0.25) is 9.59 Å². The van der Waals surface area contributed by atoms with Crippen LogP contribution in [0.5, 0.6) is 5.75 Å². The van der Waals surface area contributed by atoms with E-state index in [4.69, 9.17) is 16.3 Å². The molecule has 3 aromatic rings. The van der Waals surface area contributed by atoms with Crippen molar-refractivity contribution in [1.29, 1.82) is 0 Å². The number of carbonyl (C=O) groups is 2. The van der Waals surface area contributed by atoms with Gasteiger partial charge in [0.25, 0.3) is 5.91 Å². The summed E-state index contributed by atoms with van der Waals surface area (Å²) in [6, 6.07) is 19.3. The highest BCUT2D eigenvalue weighted by molar-refractivity contribution is 6.30. The molecule has 29 heavy (non-hydrogen) atoms. The number of aryl methyl sites for hydroxylation is 2. The number of amides is 1. The second-order valence-electron chi connectivity index (χ2n) is 6.88. The van der Waals surface area contributed by atoms with Gasteiger partial charge in [0.15, 0.2) is 11.9 Å². The fraction of sp³-hybridized carbons (Fsp3) is 0.167. The molecule has 0 saturated heterocycles. The standard InChI is InChI=1S/C24H22ClNO3/c1-15-5-4-6-16(2)22(15)26-24(28)17(3)29-21-13-9-19(10-14-21)23(27)18-7-11-20(25)12-8-18/h4-14,17H,1-3H3,(H,26,28)/t17-/m0/s1. The van der Waals surface area contributed by atoms with Crippen LogP contribution in [0.25, 0.3) is 0 Å². The number of ketones is 1. The van der Waals surface area contributed by atoms with Crippen LogP contribution in [0.4, 0.5) is 5.69 Å². The third kappa shape index (κ3) is 5.04. The number of hydrogen-bond donors (Lipinski definition) is 1. The zero-order valence-electron chi connectivity index (χ0n) is 16.5. The molecule has 0 bridgehead atoms. The van der Waals surface area contributed by atoms with Crippen molar-refractivity contribution in [2.45, 2.75) is 26.9 Å². The Kier molecular flexibility index (Phi) is 6.35. The molecule has 0 aliphatic heterocycles. The zero-order valence-corrected chi connectivity index (χ0v) is 17.3. The van der Waals surface area contributed by atoms with Gasteiger partial charge in [0.2, 0.25) is 0 Å². The first-order valence-electron chi connectivity index (χ1n) is 9.29. The minimum Gasteiger partial charge on any atom is -0.481 e. The molecule has 3 aromatic carbocycles. The van der Waals surface area contributed by atoms with Crippen LogP contribution in [0.1, 0.15) is 34.0 Å². The SMILES string of the molecule is Cc1cccc(C)c1NC(=O)[C@H](C)Oc1ccc(C(=O)c2ccc(Cl)cc2)cc1. The van der Waals surface area contributed by atoms with Crippen molar-refractivity contribution in [3.63, 3.8) is 0 Å². The van der Waals surface area contributed by atoms with E-state index in [1.54, 1.807) is 55.5 Å². The largest absolute Gasteiger partial charge is 0.481 e. The number of para-hydroxylation sites is 1. The lowest BCUT2D eigenvalue weighted by atomic mass is 10.0. The van der Waals surface area contributed by atoms with Gasteiger partial charge in [-0.15, -0.1) is 0 Å². The summed E-state index contributed by atoms with van der Waals surface area (Å²) >= 11 is 5.86. The van der Waals surface area contributed by atoms with E-state index in [0.717, 1.165) is 16.8 Å². The van der Waals surface area contributed by atoms with Crippen LogP contribution >= 0.6 is 11.6 Å². The maximum absolute atomic E-state index is 12.5. The topological polar surface area (TPSA) is 55.4 Å². The molecular weight excluding hydrogens is 386 g/mol. The van der Waals surface area contributed by atoms with Gasteiger partial charge in [-0.1, -0.05) is 29.8 Å². The third-order valence-corrected chi connectivity index (χ3v) is 4.89. The van der Waals surface area contributed by atoms with E-state index in [1.807, 2.05) is 32.0 Å². The number of rotatable bonds is 6. The lowest BCUT2D eigenvalue weighted by Crippen LogP contribution is -2.30. The Labute approximate surface area is 175 Å². The van der Waals surface area contributed by atoms with Crippen LogP contribution in [0.3, 0.4) is 0 Å². The summed E-state index contributed by atoms with van der Waals surface area (Å²) in [7, 11) is 0. The Morgan fingerprint density at radius 1 is 0.862 bits per heavy atom. The van der Waals surface area contributed by atoms with Crippen molar-refractivity contribution in [2.75, 3.05) is 5.32 Å². The highest BCUT2D eigenvalue weighted by Crippen LogP contribution is 2.21. The van der Waals surface area contributed by atoms with E-state index in [1.165, 1.54) is 0 Å². The van der Waals surface area contributed by atoms with E-state index < -0.39 is 6.10 Å². The van der Waals surface area contributed by atoms with Crippen LogP contribution in [-0.2, 0) is 4.79 Å². The lowest BCUT2D eigenvalue weighted by molar-refractivity contribution is -0.122. The number of nitrogens with one attached hydrogen (secondary N) is 1. The van der Waals surface area contributed by atoms with E-state index in [9.17, 15) is 9.59 Å². The van der Waals surface area contributed by atoms with Crippen molar-refractivity contribution >= 4 is 29.0 Å². The van der Waals surface area contributed by atoms with Gasteiger partial charge in [-0.2, -0.15) is 0 Å². The maximum Gasteiger partial charge on any atom is 0.265 e. The number of halogens is 1. The van der Waals surface area contributed by atoms with Crippen molar-refractivity contribution in [2.24, 2.45) is 0 Å². The Morgan fingerprint density at radius 3 is 1.93 bits per heavy atom. The molecule has 148 valence electrons. The van der Waals surface area contributed by atoms with Crippen molar-refractivity contribution < 1.29 is 14.3 Å². The lowest BCUT2D eigenvalue weighted by Gasteiger charge is -2.17. The summed E-state index contributed by atoms with van der Waals surface area (Å²) in [5, 5.41) is 3.51. The molecule has 1 amide bonds. The van der Waals surface area contributed by atoms with Gasteiger partial charge in [0.05, 0.1) is 0 Å². The smallest absolute Gasteiger partial charge is 0.265 e. The summed E-state index contributed by atoms with van der Waals surface area (Å²) in [4.78, 5) is 25.0. The minimum absolute atomic E-state index is 0.103. The molecule has 0 saturated carbocycles. The second kappa shape index (κ2) is 8.93. The van der Waals surface area contributed by atoms with Crippen molar-refractivity contribution in [3.05, 3.63) is 94.0 Å². The minimum atomic E-state index is -0.688.